The molecule has 5 heteroatoms. The monoisotopic (exact) mass is 242 g/mol. The Morgan fingerprint density at radius 1 is 1.35 bits per heavy atom. The number of nitrogens with two attached hydrogens (primary N) is 1. The molecule has 4 atom stereocenters. The van der Waals surface area contributed by atoms with E-state index in [1.807, 2.05) is 0 Å². The summed E-state index contributed by atoms with van der Waals surface area (Å²) in [5.74, 6) is -0.0604. The summed E-state index contributed by atoms with van der Waals surface area (Å²) < 4.78 is 5.17. The number of aliphatic hydroxyl groups is 1. The van der Waals surface area contributed by atoms with Crippen molar-refractivity contribution >= 4 is 5.91 Å². The van der Waals surface area contributed by atoms with Gasteiger partial charge < -0.3 is 20.9 Å². The molecule has 1 aliphatic heterocycles. The number of rotatable bonds is 3. The van der Waals surface area contributed by atoms with E-state index in [1.54, 1.807) is 0 Å². The van der Waals surface area contributed by atoms with Gasteiger partial charge in [-0.05, 0) is 12.8 Å². The van der Waals surface area contributed by atoms with Crippen molar-refractivity contribution < 1.29 is 14.6 Å². The van der Waals surface area contributed by atoms with Gasteiger partial charge in [-0.1, -0.05) is 12.8 Å². The van der Waals surface area contributed by atoms with E-state index in [-0.39, 0.29) is 29.9 Å². The summed E-state index contributed by atoms with van der Waals surface area (Å²) in [4.78, 5) is 11.9. The minimum Gasteiger partial charge on any atom is -0.393 e. The SMILES string of the molecule is NC1COCC1C(=O)NCC1CCCCC1O. The van der Waals surface area contributed by atoms with E-state index >= 15 is 0 Å². The van der Waals surface area contributed by atoms with Crippen LogP contribution in [0.4, 0.5) is 0 Å². The van der Waals surface area contributed by atoms with Crippen molar-refractivity contribution in [1.29, 1.82) is 0 Å². The first kappa shape index (κ1) is 12.8. The second-order valence-corrected chi connectivity index (χ2v) is 5.16. The molecule has 1 aliphatic carbocycles. The Kier molecular flexibility index (Phi) is 4.36. The van der Waals surface area contributed by atoms with Crippen LogP contribution in [0.1, 0.15) is 25.7 Å². The molecule has 0 radical (unpaired) electrons. The highest BCUT2D eigenvalue weighted by Crippen LogP contribution is 2.23. The minimum atomic E-state index is -0.266. The molecule has 17 heavy (non-hydrogen) atoms. The summed E-state index contributed by atoms with van der Waals surface area (Å²) in [6.45, 7) is 1.44. The first-order valence-corrected chi connectivity index (χ1v) is 6.47. The number of amides is 1. The average Bonchev–Trinajstić information content (AvgIpc) is 2.74. The molecule has 0 aromatic heterocycles. The van der Waals surface area contributed by atoms with Crippen molar-refractivity contribution in [3.63, 3.8) is 0 Å². The molecule has 2 fully saturated rings. The van der Waals surface area contributed by atoms with Crippen LogP contribution in [-0.2, 0) is 9.53 Å². The summed E-state index contributed by atoms with van der Waals surface area (Å²) in [7, 11) is 0. The van der Waals surface area contributed by atoms with Gasteiger partial charge in [0, 0.05) is 18.5 Å². The first-order valence-electron chi connectivity index (χ1n) is 6.47. The highest BCUT2D eigenvalue weighted by molar-refractivity contribution is 5.79. The van der Waals surface area contributed by atoms with E-state index < -0.39 is 0 Å². The van der Waals surface area contributed by atoms with Crippen LogP contribution < -0.4 is 11.1 Å². The maximum Gasteiger partial charge on any atom is 0.227 e. The van der Waals surface area contributed by atoms with E-state index in [4.69, 9.17) is 10.5 Å². The Labute approximate surface area is 102 Å². The van der Waals surface area contributed by atoms with Gasteiger partial charge in [-0.3, -0.25) is 4.79 Å². The van der Waals surface area contributed by atoms with Gasteiger partial charge in [0.1, 0.15) is 0 Å². The number of hydrogen-bond acceptors (Lipinski definition) is 4. The van der Waals surface area contributed by atoms with E-state index in [1.165, 1.54) is 0 Å². The largest absolute Gasteiger partial charge is 0.393 e. The van der Waals surface area contributed by atoms with Gasteiger partial charge in [0.15, 0.2) is 0 Å². The van der Waals surface area contributed by atoms with Gasteiger partial charge in [-0.2, -0.15) is 0 Å². The molecular formula is C12H22N2O3. The van der Waals surface area contributed by atoms with Crippen LogP contribution in [-0.4, -0.2) is 42.9 Å². The highest BCUT2D eigenvalue weighted by atomic mass is 16.5. The maximum absolute atomic E-state index is 11.9. The molecule has 1 saturated carbocycles. The van der Waals surface area contributed by atoms with Crippen molar-refractivity contribution in [2.75, 3.05) is 19.8 Å². The van der Waals surface area contributed by atoms with Gasteiger partial charge >= 0.3 is 0 Å². The lowest BCUT2D eigenvalue weighted by atomic mass is 9.86. The molecule has 4 unspecified atom stereocenters. The summed E-state index contributed by atoms with van der Waals surface area (Å²) >= 11 is 0. The van der Waals surface area contributed by atoms with Crippen molar-refractivity contribution in [2.45, 2.75) is 37.8 Å². The molecule has 98 valence electrons. The van der Waals surface area contributed by atoms with Crippen molar-refractivity contribution in [3.05, 3.63) is 0 Å². The van der Waals surface area contributed by atoms with Crippen LogP contribution in [0.5, 0.6) is 0 Å². The molecule has 0 aromatic carbocycles. The van der Waals surface area contributed by atoms with E-state index in [2.05, 4.69) is 5.32 Å². The lowest BCUT2D eigenvalue weighted by molar-refractivity contribution is -0.125. The van der Waals surface area contributed by atoms with Crippen molar-refractivity contribution in [2.24, 2.45) is 17.6 Å². The fourth-order valence-corrected chi connectivity index (χ4v) is 2.63. The first-order chi connectivity index (χ1) is 8.18. The normalized spacial score (nSPS) is 38.0. The Hall–Kier alpha value is -0.650. The van der Waals surface area contributed by atoms with Crippen LogP contribution in [0.15, 0.2) is 0 Å². The summed E-state index contributed by atoms with van der Waals surface area (Å²) in [5.41, 5.74) is 5.78. The number of hydrogen-bond donors (Lipinski definition) is 3. The van der Waals surface area contributed by atoms with Crippen molar-refractivity contribution in [1.82, 2.24) is 5.32 Å². The van der Waals surface area contributed by atoms with Crippen LogP contribution in [0.25, 0.3) is 0 Å². The molecule has 0 aromatic rings. The van der Waals surface area contributed by atoms with Crippen LogP contribution in [0.2, 0.25) is 0 Å². The molecule has 1 saturated heterocycles. The third-order valence-corrected chi connectivity index (χ3v) is 3.87. The fraction of sp³-hybridized carbons (Fsp3) is 0.917. The van der Waals surface area contributed by atoms with Crippen molar-refractivity contribution in [3.8, 4) is 0 Å². The average molecular weight is 242 g/mol. The zero-order chi connectivity index (χ0) is 12.3. The summed E-state index contributed by atoms with van der Waals surface area (Å²) in [6, 6.07) is -0.189. The fourth-order valence-electron chi connectivity index (χ4n) is 2.63. The minimum absolute atomic E-state index is 0.0345. The zero-order valence-corrected chi connectivity index (χ0v) is 10.1. The smallest absolute Gasteiger partial charge is 0.227 e. The van der Waals surface area contributed by atoms with Gasteiger partial charge in [0.2, 0.25) is 5.91 Å². The summed E-state index contributed by atoms with van der Waals surface area (Å²) in [6.07, 6.45) is 3.82. The van der Waals surface area contributed by atoms with Gasteiger partial charge in [-0.25, -0.2) is 0 Å². The maximum atomic E-state index is 11.9. The predicted molar refractivity (Wildman–Crippen MR) is 63.3 cm³/mol. The summed E-state index contributed by atoms with van der Waals surface area (Å²) in [5, 5.41) is 12.7. The Morgan fingerprint density at radius 2 is 2.12 bits per heavy atom. The Bertz CT molecular complexity index is 272. The number of nitrogens with one attached hydrogen (secondary N) is 1. The second-order valence-electron chi connectivity index (χ2n) is 5.16. The highest BCUT2D eigenvalue weighted by Gasteiger charge is 2.32. The molecular weight excluding hydrogens is 220 g/mol. The third-order valence-electron chi connectivity index (χ3n) is 3.87. The molecule has 1 amide bonds. The predicted octanol–water partition coefficient (Wildman–Crippen LogP) is -0.373. The molecule has 2 rings (SSSR count). The standard InChI is InChI=1S/C12H22N2O3/c13-10-7-17-6-9(10)12(16)14-5-8-3-1-2-4-11(8)15/h8-11,15H,1-7,13H2,(H,14,16). The quantitative estimate of drug-likeness (QED) is 0.630. The second kappa shape index (κ2) is 5.80. The Balaban J connectivity index is 1.75. The van der Waals surface area contributed by atoms with Gasteiger partial charge in [-0.15, -0.1) is 0 Å². The zero-order valence-electron chi connectivity index (χ0n) is 10.1. The molecule has 1 heterocycles. The van der Waals surface area contributed by atoms with Crippen LogP contribution in [0.3, 0.4) is 0 Å². The number of aliphatic hydroxyl groups excluding tert-OH is 1. The molecule has 4 N–H and O–H groups in total. The molecule has 5 nitrogen and oxygen atoms in total. The van der Waals surface area contributed by atoms with Gasteiger partial charge in [0.25, 0.3) is 0 Å². The molecule has 2 aliphatic rings. The lowest BCUT2D eigenvalue weighted by Gasteiger charge is -2.28. The molecule has 0 spiro atoms. The number of carbonyl (C=O) groups excluding carboxylic acids is 1. The van der Waals surface area contributed by atoms with Crippen LogP contribution >= 0.6 is 0 Å². The number of carbonyl (C=O) groups is 1. The third kappa shape index (κ3) is 3.18. The molecule has 0 bridgehead atoms. The van der Waals surface area contributed by atoms with E-state index in [9.17, 15) is 9.90 Å². The lowest BCUT2D eigenvalue weighted by Crippen LogP contribution is -2.44. The van der Waals surface area contributed by atoms with E-state index in [0.717, 1.165) is 25.7 Å². The van der Waals surface area contributed by atoms with Crippen LogP contribution in [0, 0.1) is 11.8 Å². The van der Waals surface area contributed by atoms with E-state index in [0.29, 0.717) is 19.8 Å². The topological polar surface area (TPSA) is 84.6 Å². The number of ether oxygens (including phenoxy) is 1. The van der Waals surface area contributed by atoms with Gasteiger partial charge in [0.05, 0.1) is 25.2 Å². The Morgan fingerprint density at radius 3 is 2.76 bits per heavy atom.